The van der Waals surface area contributed by atoms with Gasteiger partial charge in [-0.3, -0.25) is 0 Å². The fraction of sp³-hybridized carbons (Fsp3) is 0.846. The summed E-state index contributed by atoms with van der Waals surface area (Å²) >= 11 is 0. The van der Waals surface area contributed by atoms with E-state index in [1.165, 1.54) is 0 Å². The number of aliphatic hydroxyl groups is 1. The fourth-order valence-corrected chi connectivity index (χ4v) is 2.22. The zero-order chi connectivity index (χ0) is 15.3. The Bertz CT molecular complexity index is 347. The molecule has 0 bridgehead atoms. The Labute approximate surface area is 118 Å². The second-order valence-corrected chi connectivity index (χ2v) is 6.16. The van der Waals surface area contributed by atoms with E-state index in [4.69, 9.17) is 20.3 Å². The minimum Gasteiger partial charge on any atom is -0.444 e. The smallest absolute Gasteiger partial charge is 0.407 e. The zero-order valence-electron chi connectivity index (χ0n) is 12.2. The van der Waals surface area contributed by atoms with Crippen LogP contribution < -0.4 is 11.1 Å². The maximum absolute atomic E-state index is 11.5. The van der Waals surface area contributed by atoms with E-state index < -0.39 is 23.9 Å². The largest absolute Gasteiger partial charge is 0.444 e. The number of ether oxygens (including phenoxy) is 2. The molecule has 1 saturated carbocycles. The van der Waals surface area contributed by atoms with Gasteiger partial charge in [0.15, 0.2) is 0 Å². The summed E-state index contributed by atoms with van der Waals surface area (Å²) < 4.78 is 9.92. The average Bonchev–Trinajstić information content (AvgIpc) is 2.21. The average molecular weight is 288 g/mol. The van der Waals surface area contributed by atoms with E-state index in [2.05, 4.69) is 5.32 Å². The van der Waals surface area contributed by atoms with Gasteiger partial charge in [-0.1, -0.05) is 0 Å². The van der Waals surface area contributed by atoms with Crippen molar-refractivity contribution in [1.82, 2.24) is 5.32 Å². The van der Waals surface area contributed by atoms with Crippen molar-refractivity contribution in [2.75, 3.05) is 6.61 Å². The molecule has 7 nitrogen and oxygen atoms in total. The van der Waals surface area contributed by atoms with Gasteiger partial charge < -0.3 is 25.6 Å². The predicted octanol–water partition coefficient (Wildman–Crippen LogP) is 1.14. The van der Waals surface area contributed by atoms with Crippen molar-refractivity contribution in [3.8, 4) is 0 Å². The summed E-state index contributed by atoms with van der Waals surface area (Å²) in [6, 6.07) is 0.0720. The molecule has 0 aromatic heterocycles. The monoisotopic (exact) mass is 288 g/mol. The van der Waals surface area contributed by atoms with Crippen LogP contribution in [0.25, 0.3) is 0 Å². The summed E-state index contributed by atoms with van der Waals surface area (Å²) in [6.07, 6.45) is 0.224. The molecule has 0 spiro atoms. The van der Waals surface area contributed by atoms with E-state index in [0.29, 0.717) is 12.3 Å². The van der Waals surface area contributed by atoms with Crippen LogP contribution in [0.5, 0.6) is 0 Å². The fourth-order valence-electron chi connectivity index (χ4n) is 2.22. The van der Waals surface area contributed by atoms with E-state index >= 15 is 0 Å². The van der Waals surface area contributed by atoms with Gasteiger partial charge in [0.05, 0.1) is 6.61 Å². The van der Waals surface area contributed by atoms with Gasteiger partial charge in [0, 0.05) is 6.04 Å². The molecule has 1 rings (SSSR count). The van der Waals surface area contributed by atoms with Gasteiger partial charge in [-0.05, 0) is 46.0 Å². The first-order valence-corrected chi connectivity index (χ1v) is 6.76. The molecule has 20 heavy (non-hydrogen) atoms. The number of nitrogens with one attached hydrogen (secondary N) is 1. The van der Waals surface area contributed by atoms with Crippen molar-refractivity contribution >= 4 is 12.2 Å². The molecule has 0 heterocycles. The Morgan fingerprint density at radius 1 is 1.40 bits per heavy atom. The van der Waals surface area contributed by atoms with Crippen LogP contribution in [-0.2, 0) is 9.47 Å². The first kappa shape index (κ1) is 16.6. The summed E-state index contributed by atoms with van der Waals surface area (Å²) in [4.78, 5) is 22.1. The molecule has 1 fully saturated rings. The lowest BCUT2D eigenvalue weighted by atomic mass is 9.77. The molecule has 0 saturated heterocycles. The molecule has 2 amide bonds. The Morgan fingerprint density at radius 2 is 2.00 bits per heavy atom. The summed E-state index contributed by atoms with van der Waals surface area (Å²) in [5, 5.41) is 11.8. The molecule has 0 aliphatic heterocycles. The van der Waals surface area contributed by atoms with Gasteiger partial charge >= 0.3 is 12.2 Å². The Balaban J connectivity index is 2.22. The second-order valence-electron chi connectivity index (χ2n) is 6.16. The predicted molar refractivity (Wildman–Crippen MR) is 72.0 cm³/mol. The van der Waals surface area contributed by atoms with E-state index in [1.54, 1.807) is 0 Å². The minimum absolute atomic E-state index is 0.0720. The lowest BCUT2D eigenvalue weighted by Crippen LogP contribution is -2.47. The third kappa shape index (κ3) is 6.10. The maximum atomic E-state index is 11.5. The number of amides is 2. The van der Waals surface area contributed by atoms with Crippen molar-refractivity contribution in [3.05, 3.63) is 0 Å². The standard InChI is InChI=1S/C13H24N2O5/c1-13(2,3)20-12(18)15-9-4-8(5-9)6-10(7-16)19-11(14)17/h8-10,16H,4-7H2,1-3H3,(H2,14,17)(H,15,18). The first-order valence-electron chi connectivity index (χ1n) is 6.76. The van der Waals surface area contributed by atoms with Crippen LogP contribution in [0.15, 0.2) is 0 Å². The number of carbonyl (C=O) groups excluding carboxylic acids is 2. The van der Waals surface area contributed by atoms with Crippen molar-refractivity contribution in [2.24, 2.45) is 11.7 Å². The third-order valence-electron chi connectivity index (χ3n) is 3.04. The minimum atomic E-state index is -0.883. The van der Waals surface area contributed by atoms with E-state index in [0.717, 1.165) is 12.8 Å². The van der Waals surface area contributed by atoms with Gasteiger partial charge in [0.25, 0.3) is 0 Å². The topological polar surface area (TPSA) is 111 Å². The molecule has 1 atom stereocenters. The zero-order valence-corrected chi connectivity index (χ0v) is 12.2. The van der Waals surface area contributed by atoms with Crippen LogP contribution in [0.2, 0.25) is 0 Å². The summed E-state index contributed by atoms with van der Waals surface area (Å²) in [5.74, 6) is 0.298. The third-order valence-corrected chi connectivity index (χ3v) is 3.04. The molecule has 0 aromatic carbocycles. The van der Waals surface area contributed by atoms with Crippen LogP contribution in [0.1, 0.15) is 40.0 Å². The number of rotatable bonds is 5. The number of hydrogen-bond acceptors (Lipinski definition) is 5. The van der Waals surface area contributed by atoms with E-state index in [1.807, 2.05) is 20.8 Å². The summed E-state index contributed by atoms with van der Waals surface area (Å²) in [6.45, 7) is 5.18. The molecule has 0 radical (unpaired) electrons. The molecule has 4 N–H and O–H groups in total. The molecule has 1 aliphatic carbocycles. The van der Waals surface area contributed by atoms with Crippen LogP contribution in [0.4, 0.5) is 9.59 Å². The molecule has 0 aromatic rings. The molecule has 7 heteroatoms. The highest BCUT2D eigenvalue weighted by atomic mass is 16.6. The molecule has 1 unspecified atom stereocenters. The molecular formula is C13H24N2O5. The van der Waals surface area contributed by atoms with Gasteiger partial charge in [-0.2, -0.15) is 0 Å². The first-order chi connectivity index (χ1) is 9.19. The highest BCUT2D eigenvalue weighted by Gasteiger charge is 2.33. The Morgan fingerprint density at radius 3 is 2.45 bits per heavy atom. The van der Waals surface area contributed by atoms with Crippen molar-refractivity contribution in [2.45, 2.75) is 57.8 Å². The van der Waals surface area contributed by atoms with Crippen molar-refractivity contribution in [3.63, 3.8) is 0 Å². The molecular weight excluding hydrogens is 264 g/mol. The number of hydrogen-bond donors (Lipinski definition) is 3. The molecule has 1 aliphatic rings. The number of nitrogens with two attached hydrogens (primary N) is 1. The van der Waals surface area contributed by atoms with Crippen LogP contribution >= 0.6 is 0 Å². The highest BCUT2D eigenvalue weighted by molar-refractivity contribution is 5.68. The maximum Gasteiger partial charge on any atom is 0.407 e. The van der Waals surface area contributed by atoms with Crippen LogP contribution in [0, 0.1) is 5.92 Å². The van der Waals surface area contributed by atoms with Crippen molar-refractivity contribution in [1.29, 1.82) is 0 Å². The van der Waals surface area contributed by atoms with Gasteiger partial charge in [-0.25, -0.2) is 9.59 Å². The molecule has 116 valence electrons. The number of carbonyl (C=O) groups is 2. The van der Waals surface area contributed by atoms with E-state index in [-0.39, 0.29) is 12.6 Å². The van der Waals surface area contributed by atoms with Crippen molar-refractivity contribution < 1.29 is 24.2 Å². The van der Waals surface area contributed by atoms with Gasteiger partial charge in [-0.15, -0.1) is 0 Å². The lowest BCUT2D eigenvalue weighted by molar-refractivity contribution is 0.0271. The van der Waals surface area contributed by atoms with Gasteiger partial charge in [0.1, 0.15) is 11.7 Å². The van der Waals surface area contributed by atoms with Crippen LogP contribution in [0.3, 0.4) is 0 Å². The lowest BCUT2D eigenvalue weighted by Gasteiger charge is -2.37. The quantitative estimate of drug-likeness (QED) is 0.702. The summed E-state index contributed by atoms with van der Waals surface area (Å²) in [5.41, 5.74) is 4.40. The van der Waals surface area contributed by atoms with E-state index in [9.17, 15) is 9.59 Å². The number of alkyl carbamates (subject to hydrolysis) is 1. The SMILES string of the molecule is CC(C)(C)OC(=O)NC1CC(CC(CO)OC(N)=O)C1. The van der Waals surface area contributed by atoms with Crippen LogP contribution in [-0.4, -0.2) is 41.6 Å². The summed E-state index contributed by atoms with van der Waals surface area (Å²) in [7, 11) is 0. The number of aliphatic hydroxyl groups excluding tert-OH is 1. The Hall–Kier alpha value is -1.50. The second kappa shape index (κ2) is 6.78. The number of primary amides is 1. The highest BCUT2D eigenvalue weighted by Crippen LogP contribution is 2.32. The van der Waals surface area contributed by atoms with Gasteiger partial charge in [0.2, 0.25) is 0 Å². The normalized spacial score (nSPS) is 23.4. The Kier molecular flexibility index (Phi) is 5.62.